The smallest absolute Gasteiger partial charge is 0.134 e. The molecule has 2 aromatic heterocycles. The first-order chi connectivity index (χ1) is 30.3. The van der Waals surface area contributed by atoms with Crippen molar-refractivity contribution in [2.75, 3.05) is 0 Å². The number of carbonyl (C=O) groups is 1. The summed E-state index contributed by atoms with van der Waals surface area (Å²) in [6.45, 7) is 23.3. The summed E-state index contributed by atoms with van der Waals surface area (Å²) in [4.78, 5) is 24.4. The van der Waals surface area contributed by atoms with E-state index in [-0.39, 0.29) is 40.8 Å². The molecule has 2 unspecified atom stereocenters. The number of nitrogens with zero attached hydrogens (tertiary/aromatic N) is 2. The first kappa shape index (κ1) is 44.1. The van der Waals surface area contributed by atoms with E-state index in [9.17, 15) is 4.79 Å². The van der Waals surface area contributed by atoms with Gasteiger partial charge in [0.25, 0.3) is 0 Å². The number of Topliss-reactive ketones (excluding diaryl/α,β-unsaturated/α-hetero) is 1. The number of hydrogen-bond donors (Lipinski definition) is 0. The van der Waals surface area contributed by atoms with Crippen LogP contribution in [0.25, 0.3) is 44.5 Å². The van der Waals surface area contributed by atoms with E-state index < -0.39 is 7.92 Å². The van der Waals surface area contributed by atoms with E-state index in [1.165, 1.54) is 83.2 Å². The number of hydrogen-bond acceptors (Lipinski definition) is 3. The maximum absolute atomic E-state index is 14.2. The lowest BCUT2D eigenvalue weighted by Gasteiger charge is -2.41. The zero-order valence-corrected chi connectivity index (χ0v) is 39.8. The molecule has 1 aliphatic rings. The molecule has 1 fully saturated rings. The summed E-state index contributed by atoms with van der Waals surface area (Å²) in [5.41, 5.74) is 20.1. The van der Waals surface area contributed by atoms with Crippen LogP contribution >= 0.6 is 7.92 Å². The van der Waals surface area contributed by atoms with Gasteiger partial charge in [-0.2, -0.15) is 0 Å². The van der Waals surface area contributed by atoms with Crippen LogP contribution in [0, 0.1) is 13.8 Å². The quantitative estimate of drug-likeness (QED) is 0.122. The van der Waals surface area contributed by atoms with E-state index >= 15 is 0 Å². The van der Waals surface area contributed by atoms with Crippen LogP contribution < -0.4 is 5.30 Å². The maximum Gasteiger partial charge on any atom is 0.134 e. The van der Waals surface area contributed by atoms with Gasteiger partial charge in [-0.05, 0) is 145 Å². The van der Waals surface area contributed by atoms with Crippen LogP contribution in [0.2, 0.25) is 0 Å². The van der Waals surface area contributed by atoms with Gasteiger partial charge in [-0.1, -0.05) is 166 Å². The van der Waals surface area contributed by atoms with Crippen molar-refractivity contribution in [3.05, 3.63) is 185 Å². The van der Waals surface area contributed by atoms with Gasteiger partial charge in [-0.15, -0.1) is 0 Å². The van der Waals surface area contributed by atoms with Gasteiger partial charge >= 0.3 is 0 Å². The molecule has 3 nitrogen and oxygen atoms in total. The molecule has 63 heavy (non-hydrogen) atoms. The van der Waals surface area contributed by atoms with E-state index in [0.29, 0.717) is 12.8 Å². The molecule has 0 amide bonds. The monoisotopic (exact) mass is 846 g/mol. The zero-order valence-electron chi connectivity index (χ0n) is 38.9. The fourth-order valence-electron chi connectivity index (χ4n) is 10.0. The molecule has 1 saturated heterocycles. The van der Waals surface area contributed by atoms with E-state index in [1.54, 1.807) is 0 Å². The Morgan fingerprint density at radius 3 is 1.14 bits per heavy atom. The Kier molecular flexibility index (Phi) is 13.1. The van der Waals surface area contributed by atoms with E-state index in [0.717, 1.165) is 11.4 Å². The summed E-state index contributed by atoms with van der Waals surface area (Å²) in [7, 11) is -1.15. The highest BCUT2D eigenvalue weighted by Crippen LogP contribution is 2.68. The summed E-state index contributed by atoms with van der Waals surface area (Å²) >= 11 is 0. The lowest BCUT2D eigenvalue weighted by molar-refractivity contribution is -0.119. The zero-order chi connectivity index (χ0) is 44.5. The second kappa shape index (κ2) is 18.7. The molecule has 8 rings (SSSR count). The van der Waals surface area contributed by atoms with Crippen molar-refractivity contribution >= 4 is 19.0 Å². The third kappa shape index (κ3) is 8.75. The molecule has 0 bridgehead atoms. The highest BCUT2D eigenvalue weighted by atomic mass is 31.1. The van der Waals surface area contributed by atoms with Crippen molar-refractivity contribution in [2.24, 2.45) is 0 Å². The van der Waals surface area contributed by atoms with Gasteiger partial charge in [0.05, 0.1) is 0 Å². The molecule has 3 heterocycles. The number of pyridine rings is 2. The number of ketones is 1. The van der Waals surface area contributed by atoms with Crippen molar-refractivity contribution in [3.8, 4) is 44.5 Å². The molecule has 0 saturated carbocycles. The molecule has 320 valence electrons. The van der Waals surface area contributed by atoms with Crippen LogP contribution in [0.5, 0.6) is 0 Å². The normalized spacial score (nSPS) is 16.7. The average molecular weight is 847 g/mol. The first-order valence-electron chi connectivity index (χ1n) is 23.1. The van der Waals surface area contributed by atoms with E-state index in [4.69, 9.17) is 9.97 Å². The predicted molar refractivity (Wildman–Crippen MR) is 269 cm³/mol. The minimum absolute atomic E-state index is 0.0955. The Labute approximate surface area is 378 Å². The fourth-order valence-corrected chi connectivity index (χ4v) is 13.7. The number of benzene rings is 5. The summed E-state index contributed by atoms with van der Waals surface area (Å²) < 4.78 is 0. The largest absolute Gasteiger partial charge is 0.300 e. The first-order valence-corrected chi connectivity index (χ1v) is 24.5. The Bertz CT molecular complexity index is 2510. The lowest BCUT2D eigenvalue weighted by Crippen LogP contribution is -2.27. The van der Waals surface area contributed by atoms with Crippen LogP contribution in [-0.4, -0.2) is 15.8 Å². The molecule has 5 aromatic carbocycles. The maximum atomic E-state index is 14.2. The number of aryl methyl sites for hydroxylation is 2. The standard InChI is InChI=1S/C59H63N2OP/c1-36(2)49-30-42(45-22-13-11-20-40(45)9)31-50(37(3)4)57(49)47-24-19-25-48(58-51(38(5)6)32-43(33-52(58)39(7)8)46-23-14-12-21-41(46)10)59(47)63-55(53-26-15-17-28-60-53)34-44(62)35-56(63)54-27-16-18-29-61-54/h11-33,36-39,55-56H,34-35H2,1-10H3. The summed E-state index contributed by atoms with van der Waals surface area (Å²) in [6, 6.07) is 47.1. The molecule has 0 radical (unpaired) electrons. The highest BCUT2D eigenvalue weighted by Gasteiger charge is 2.43. The second-order valence-electron chi connectivity index (χ2n) is 18.9. The Hall–Kier alpha value is -5.50. The third-order valence-electron chi connectivity index (χ3n) is 13.2. The Morgan fingerprint density at radius 2 is 0.810 bits per heavy atom. The molecular formula is C59H63N2OP. The van der Waals surface area contributed by atoms with Gasteiger partial charge in [0.2, 0.25) is 0 Å². The summed E-state index contributed by atoms with van der Waals surface area (Å²) in [5.74, 6) is 1.29. The van der Waals surface area contributed by atoms with Crippen LogP contribution in [0.15, 0.2) is 140 Å². The van der Waals surface area contributed by atoms with Crippen LogP contribution in [0.1, 0.15) is 148 Å². The van der Waals surface area contributed by atoms with Crippen molar-refractivity contribution in [1.82, 2.24) is 9.97 Å². The molecule has 2 atom stereocenters. The Morgan fingerprint density at radius 1 is 0.460 bits per heavy atom. The van der Waals surface area contributed by atoms with Gasteiger partial charge < -0.3 is 0 Å². The van der Waals surface area contributed by atoms with E-state index in [1.807, 2.05) is 24.5 Å². The Balaban J connectivity index is 1.55. The summed E-state index contributed by atoms with van der Waals surface area (Å²) in [6.07, 6.45) is 4.72. The summed E-state index contributed by atoms with van der Waals surface area (Å²) in [5, 5.41) is 1.37. The van der Waals surface area contributed by atoms with Crippen molar-refractivity contribution in [3.63, 3.8) is 0 Å². The average Bonchev–Trinajstić information content (AvgIpc) is 3.28. The van der Waals surface area contributed by atoms with Crippen LogP contribution in [0.4, 0.5) is 0 Å². The van der Waals surface area contributed by atoms with Gasteiger partial charge in [0.1, 0.15) is 5.78 Å². The van der Waals surface area contributed by atoms with Crippen LogP contribution in [0.3, 0.4) is 0 Å². The third-order valence-corrected chi connectivity index (χ3v) is 16.4. The topological polar surface area (TPSA) is 42.9 Å². The molecule has 4 heteroatoms. The van der Waals surface area contributed by atoms with Crippen molar-refractivity contribution in [2.45, 2.75) is 117 Å². The van der Waals surface area contributed by atoms with E-state index in [2.05, 4.69) is 184 Å². The van der Waals surface area contributed by atoms with Crippen LogP contribution in [-0.2, 0) is 4.79 Å². The predicted octanol–water partition coefficient (Wildman–Crippen LogP) is 16.2. The van der Waals surface area contributed by atoms with Crippen molar-refractivity contribution in [1.29, 1.82) is 0 Å². The lowest BCUT2D eigenvalue weighted by atomic mass is 9.79. The number of rotatable bonds is 11. The minimum atomic E-state index is -1.15. The molecular weight excluding hydrogens is 784 g/mol. The fraction of sp³-hybridized carbons (Fsp3) is 0.305. The van der Waals surface area contributed by atoms with Gasteiger partial charge in [-0.25, -0.2) is 0 Å². The molecule has 7 aromatic rings. The highest BCUT2D eigenvalue weighted by molar-refractivity contribution is 7.67. The molecule has 0 spiro atoms. The number of carbonyl (C=O) groups excluding carboxylic acids is 1. The molecule has 0 aliphatic carbocycles. The van der Waals surface area contributed by atoms with Gasteiger partial charge in [-0.3, -0.25) is 14.8 Å². The minimum Gasteiger partial charge on any atom is -0.300 e. The SMILES string of the molecule is Cc1ccccc1-c1cc(C(C)C)c(-c2cccc(-c3c(C(C)C)cc(-c4ccccc4C)cc3C(C)C)c2P2C(c3ccccn3)CC(=O)CC2c2ccccn2)c(C(C)C)c1. The number of aromatic nitrogens is 2. The molecule has 0 N–H and O–H groups in total. The van der Waals surface area contributed by atoms with Crippen molar-refractivity contribution < 1.29 is 4.79 Å². The second-order valence-corrected chi connectivity index (χ2v) is 21.4. The van der Waals surface area contributed by atoms with Gasteiger partial charge in [0, 0.05) is 47.9 Å². The van der Waals surface area contributed by atoms with Gasteiger partial charge in [0.15, 0.2) is 0 Å². The molecule has 1 aliphatic heterocycles.